The molecule has 0 aliphatic heterocycles. The summed E-state index contributed by atoms with van der Waals surface area (Å²) >= 11 is 0. The van der Waals surface area contributed by atoms with Gasteiger partial charge in [0.2, 0.25) is 5.91 Å². The highest BCUT2D eigenvalue weighted by atomic mass is 16.3. The molecule has 388 valence electrons. The second-order valence-electron chi connectivity index (χ2n) is 20.4. The van der Waals surface area contributed by atoms with Crippen LogP contribution in [0.3, 0.4) is 0 Å². The third-order valence-corrected chi connectivity index (χ3v) is 13.8. The van der Waals surface area contributed by atoms with Crippen molar-refractivity contribution in [1.29, 1.82) is 0 Å². The molecule has 0 radical (unpaired) electrons. The number of hydrogen-bond acceptors (Lipinski definition) is 3. The summed E-state index contributed by atoms with van der Waals surface area (Å²) in [7, 11) is 0. The van der Waals surface area contributed by atoms with E-state index >= 15 is 0 Å². The molecule has 0 aromatic carbocycles. The Bertz CT molecular complexity index is 1050. The van der Waals surface area contributed by atoms with Crippen molar-refractivity contribution in [2.45, 2.75) is 334 Å². The Morgan fingerprint density at radius 2 is 0.621 bits per heavy atom. The van der Waals surface area contributed by atoms with Gasteiger partial charge in [0.15, 0.2) is 0 Å². The highest BCUT2D eigenvalue weighted by Gasteiger charge is 2.18. The van der Waals surface area contributed by atoms with Crippen LogP contribution in [-0.4, -0.2) is 34.9 Å². The van der Waals surface area contributed by atoms with Gasteiger partial charge in [-0.3, -0.25) is 4.79 Å². The van der Waals surface area contributed by atoms with Gasteiger partial charge in [0.1, 0.15) is 0 Å². The van der Waals surface area contributed by atoms with Crippen molar-refractivity contribution in [3.63, 3.8) is 0 Å². The summed E-state index contributed by atoms with van der Waals surface area (Å²) in [6, 6.07) is -0.627. The minimum Gasteiger partial charge on any atom is -0.394 e. The lowest BCUT2D eigenvalue weighted by atomic mass is 10.0. The average molecular weight is 925 g/mol. The lowest BCUT2D eigenvalue weighted by molar-refractivity contribution is -0.123. The van der Waals surface area contributed by atoms with Crippen LogP contribution < -0.4 is 5.32 Å². The molecule has 0 saturated heterocycles. The summed E-state index contributed by atoms with van der Waals surface area (Å²) in [5.41, 5.74) is 0. The fraction of sp³-hybridized carbons (Fsp3) is 0.855. The first-order valence-corrected chi connectivity index (χ1v) is 29.9. The Morgan fingerprint density at radius 1 is 0.364 bits per heavy atom. The molecular weight excluding hydrogens is 807 g/mol. The molecule has 0 saturated carbocycles. The minimum absolute atomic E-state index is 0.0649. The lowest BCUT2D eigenvalue weighted by Gasteiger charge is -2.20. The molecule has 2 unspecified atom stereocenters. The van der Waals surface area contributed by atoms with Gasteiger partial charge in [-0.1, -0.05) is 306 Å². The van der Waals surface area contributed by atoms with Gasteiger partial charge in [0, 0.05) is 6.42 Å². The molecule has 4 nitrogen and oxygen atoms in total. The lowest BCUT2D eigenvalue weighted by Crippen LogP contribution is -2.45. The molecule has 0 aromatic heterocycles. The number of unbranched alkanes of at least 4 members (excludes halogenated alkanes) is 42. The molecular formula is C62H117NO3. The summed E-state index contributed by atoms with van der Waals surface area (Å²) in [5.74, 6) is -0.0649. The zero-order valence-corrected chi connectivity index (χ0v) is 44.7. The van der Waals surface area contributed by atoms with Crippen LogP contribution in [0.1, 0.15) is 322 Å². The topological polar surface area (TPSA) is 69.6 Å². The van der Waals surface area contributed by atoms with Gasteiger partial charge in [0.05, 0.1) is 18.8 Å². The largest absolute Gasteiger partial charge is 0.394 e. The molecule has 0 aromatic rings. The van der Waals surface area contributed by atoms with E-state index in [1.54, 1.807) is 6.08 Å². The molecule has 0 fully saturated rings. The van der Waals surface area contributed by atoms with E-state index in [2.05, 4.69) is 55.6 Å². The van der Waals surface area contributed by atoms with Crippen LogP contribution in [-0.2, 0) is 4.79 Å². The van der Waals surface area contributed by atoms with E-state index in [-0.39, 0.29) is 12.5 Å². The SMILES string of the molecule is CCCCCCC/C=C\C/C=C\C/C=C\CCCCCCCCCCCCC(=O)NC(CO)C(O)/C=C/CCCCCCCCCCCCCCCCCCCCCCCCCCCCC. The van der Waals surface area contributed by atoms with Gasteiger partial charge in [-0.25, -0.2) is 0 Å². The summed E-state index contributed by atoms with van der Waals surface area (Å²) in [6.45, 7) is 4.33. The number of carbonyl (C=O) groups is 1. The number of aliphatic hydroxyl groups excluding tert-OH is 2. The quantitative estimate of drug-likeness (QED) is 0.0420. The van der Waals surface area contributed by atoms with Crippen molar-refractivity contribution in [2.75, 3.05) is 6.61 Å². The molecule has 0 aliphatic rings. The molecule has 3 N–H and O–H groups in total. The predicted molar refractivity (Wildman–Crippen MR) is 295 cm³/mol. The zero-order valence-electron chi connectivity index (χ0n) is 44.7. The van der Waals surface area contributed by atoms with Gasteiger partial charge in [-0.2, -0.15) is 0 Å². The molecule has 0 heterocycles. The molecule has 0 rings (SSSR count). The van der Waals surface area contributed by atoms with Crippen LogP contribution >= 0.6 is 0 Å². The first-order valence-electron chi connectivity index (χ1n) is 29.9. The second kappa shape index (κ2) is 57.7. The van der Waals surface area contributed by atoms with Crippen LogP contribution in [0.15, 0.2) is 48.6 Å². The maximum atomic E-state index is 12.5. The van der Waals surface area contributed by atoms with E-state index in [0.717, 1.165) is 38.5 Å². The number of carbonyl (C=O) groups excluding carboxylic acids is 1. The van der Waals surface area contributed by atoms with E-state index in [1.165, 1.54) is 263 Å². The van der Waals surface area contributed by atoms with E-state index < -0.39 is 12.1 Å². The van der Waals surface area contributed by atoms with Gasteiger partial charge in [-0.15, -0.1) is 0 Å². The van der Waals surface area contributed by atoms with Crippen molar-refractivity contribution in [2.24, 2.45) is 0 Å². The Balaban J connectivity index is 3.49. The highest BCUT2D eigenvalue weighted by Crippen LogP contribution is 2.17. The maximum absolute atomic E-state index is 12.5. The Morgan fingerprint density at radius 3 is 0.924 bits per heavy atom. The average Bonchev–Trinajstić information content (AvgIpc) is 3.32. The van der Waals surface area contributed by atoms with Crippen molar-refractivity contribution in [3.05, 3.63) is 48.6 Å². The van der Waals surface area contributed by atoms with Crippen molar-refractivity contribution in [1.82, 2.24) is 5.32 Å². The molecule has 1 amide bonds. The normalized spacial score (nSPS) is 13.1. The molecule has 0 bridgehead atoms. The van der Waals surface area contributed by atoms with E-state index in [0.29, 0.717) is 6.42 Å². The fourth-order valence-electron chi connectivity index (χ4n) is 9.25. The van der Waals surface area contributed by atoms with E-state index in [1.807, 2.05) is 6.08 Å². The highest BCUT2D eigenvalue weighted by molar-refractivity contribution is 5.76. The molecule has 0 spiro atoms. The zero-order chi connectivity index (χ0) is 47.7. The summed E-state index contributed by atoms with van der Waals surface area (Å²) in [4.78, 5) is 12.5. The van der Waals surface area contributed by atoms with Crippen LogP contribution in [0.5, 0.6) is 0 Å². The van der Waals surface area contributed by atoms with Crippen molar-refractivity contribution in [3.8, 4) is 0 Å². The Hall–Kier alpha value is -1.65. The van der Waals surface area contributed by atoms with Crippen molar-refractivity contribution >= 4 is 5.91 Å². The van der Waals surface area contributed by atoms with Gasteiger partial charge in [0.25, 0.3) is 0 Å². The second-order valence-corrected chi connectivity index (χ2v) is 20.4. The maximum Gasteiger partial charge on any atom is 0.220 e. The molecule has 2 atom stereocenters. The van der Waals surface area contributed by atoms with Crippen LogP contribution in [0.4, 0.5) is 0 Å². The smallest absolute Gasteiger partial charge is 0.220 e. The third kappa shape index (κ3) is 53.3. The van der Waals surface area contributed by atoms with E-state index in [4.69, 9.17) is 0 Å². The number of allylic oxidation sites excluding steroid dienone is 7. The number of aliphatic hydroxyl groups is 2. The standard InChI is InChI=1S/C62H117NO3/c1-3-5-7-9-11-13-15-17-19-21-23-25-27-29-30-31-32-34-35-37-39-41-43-45-47-49-51-53-55-57-61(65)60(59-64)63-62(66)58-56-54-52-50-48-46-44-42-40-38-36-33-28-26-24-22-20-18-16-14-12-10-8-6-4-2/h16,18,22,24,28,33,55,57,60-61,64-65H,3-15,17,19-21,23,25-27,29-32,34-54,56,58-59H2,1-2H3,(H,63,66)/b18-16-,24-22-,33-28-,57-55+. The third-order valence-electron chi connectivity index (χ3n) is 13.8. The van der Waals surface area contributed by atoms with Gasteiger partial charge < -0.3 is 15.5 Å². The van der Waals surface area contributed by atoms with Crippen LogP contribution in [0.2, 0.25) is 0 Å². The van der Waals surface area contributed by atoms with Gasteiger partial charge in [-0.05, 0) is 57.8 Å². The monoisotopic (exact) mass is 924 g/mol. The number of amides is 1. The van der Waals surface area contributed by atoms with Crippen molar-refractivity contribution < 1.29 is 15.0 Å². The fourth-order valence-corrected chi connectivity index (χ4v) is 9.25. The van der Waals surface area contributed by atoms with Crippen LogP contribution in [0, 0.1) is 0 Å². The Labute approximate surface area is 414 Å². The van der Waals surface area contributed by atoms with Crippen LogP contribution in [0.25, 0.3) is 0 Å². The molecule has 0 aliphatic carbocycles. The predicted octanol–water partition coefficient (Wildman–Crippen LogP) is 19.8. The minimum atomic E-state index is -0.844. The number of nitrogens with one attached hydrogen (secondary N) is 1. The summed E-state index contributed by atoms with van der Waals surface area (Å²) < 4.78 is 0. The Kier molecular flexibility index (Phi) is 56.2. The van der Waals surface area contributed by atoms with Gasteiger partial charge >= 0.3 is 0 Å². The van der Waals surface area contributed by atoms with E-state index in [9.17, 15) is 15.0 Å². The molecule has 66 heavy (non-hydrogen) atoms. The number of hydrogen-bond donors (Lipinski definition) is 3. The first-order chi connectivity index (χ1) is 32.7. The molecule has 4 heteroatoms. The summed E-state index contributed by atoms with van der Waals surface area (Å²) in [6.07, 6.45) is 80.0. The number of rotatable bonds is 55. The summed E-state index contributed by atoms with van der Waals surface area (Å²) in [5, 5.41) is 23.2. The first kappa shape index (κ1) is 64.3.